The second kappa shape index (κ2) is 7.95. The Morgan fingerprint density at radius 1 is 1.18 bits per heavy atom. The molecule has 0 saturated carbocycles. The van der Waals surface area contributed by atoms with Gasteiger partial charge in [-0.15, -0.1) is 0 Å². The van der Waals surface area contributed by atoms with Crippen LogP contribution in [-0.4, -0.2) is 33.7 Å². The predicted octanol–water partition coefficient (Wildman–Crippen LogP) is 3.56. The van der Waals surface area contributed by atoms with E-state index < -0.39 is 0 Å². The summed E-state index contributed by atoms with van der Waals surface area (Å²) in [4.78, 5) is 26.0. The second-order valence-corrected chi connectivity index (χ2v) is 7.03. The maximum atomic E-state index is 13.6. The van der Waals surface area contributed by atoms with Gasteiger partial charge in [0.05, 0.1) is 27.9 Å². The number of halogens is 1. The van der Waals surface area contributed by atoms with E-state index in [0.717, 1.165) is 10.2 Å². The first-order valence-electron chi connectivity index (χ1n) is 8.82. The highest BCUT2D eigenvalue weighted by molar-refractivity contribution is 7.16. The molecule has 142 valence electrons. The largest absolute Gasteiger partial charge is 0.380 e. The van der Waals surface area contributed by atoms with Gasteiger partial charge in [-0.25, -0.2) is 4.39 Å². The first-order valence-corrected chi connectivity index (χ1v) is 9.64. The molecule has 0 N–H and O–H groups in total. The summed E-state index contributed by atoms with van der Waals surface area (Å²) in [6.45, 7) is 3.52. The standard InChI is InChI=1S/C20H17FN4O2S/c1-2-27-10-9-25-17-6-4-14(21)12-18(17)28-20(25)24-19(26)13-3-5-15-16(11-13)23-8-7-22-15/h3-8,11-12H,2,9-10H2,1H3. The fourth-order valence-electron chi connectivity index (χ4n) is 2.90. The van der Waals surface area contributed by atoms with E-state index in [9.17, 15) is 9.18 Å². The van der Waals surface area contributed by atoms with Crippen LogP contribution in [0.4, 0.5) is 4.39 Å². The minimum Gasteiger partial charge on any atom is -0.380 e. The highest BCUT2D eigenvalue weighted by Gasteiger charge is 2.11. The van der Waals surface area contributed by atoms with Gasteiger partial charge in [-0.2, -0.15) is 4.99 Å². The Kier molecular flexibility index (Phi) is 5.23. The lowest BCUT2D eigenvalue weighted by Crippen LogP contribution is -2.19. The van der Waals surface area contributed by atoms with Crippen molar-refractivity contribution in [1.29, 1.82) is 0 Å². The molecule has 0 spiro atoms. The highest BCUT2D eigenvalue weighted by Crippen LogP contribution is 2.19. The zero-order chi connectivity index (χ0) is 19.5. The molecule has 0 radical (unpaired) electrons. The van der Waals surface area contributed by atoms with Gasteiger partial charge in [0.25, 0.3) is 5.91 Å². The summed E-state index contributed by atoms with van der Waals surface area (Å²) >= 11 is 1.27. The van der Waals surface area contributed by atoms with Crippen molar-refractivity contribution in [2.24, 2.45) is 4.99 Å². The lowest BCUT2D eigenvalue weighted by molar-refractivity contribution is 0.0996. The molecule has 6 nitrogen and oxygen atoms in total. The van der Waals surface area contributed by atoms with Gasteiger partial charge < -0.3 is 9.30 Å². The number of nitrogens with zero attached hydrogens (tertiary/aromatic N) is 4. The average molecular weight is 396 g/mol. The van der Waals surface area contributed by atoms with E-state index in [0.29, 0.717) is 41.2 Å². The van der Waals surface area contributed by atoms with Crippen molar-refractivity contribution in [3.05, 3.63) is 65.0 Å². The molecule has 28 heavy (non-hydrogen) atoms. The first-order chi connectivity index (χ1) is 13.7. The normalized spacial score (nSPS) is 12.1. The number of amides is 1. The number of hydrogen-bond acceptors (Lipinski definition) is 5. The van der Waals surface area contributed by atoms with Crippen LogP contribution in [0, 0.1) is 5.82 Å². The van der Waals surface area contributed by atoms with Crippen LogP contribution in [0.1, 0.15) is 17.3 Å². The van der Waals surface area contributed by atoms with Crippen molar-refractivity contribution in [2.75, 3.05) is 13.2 Å². The lowest BCUT2D eigenvalue weighted by Gasteiger charge is -2.05. The minimum atomic E-state index is -0.384. The third kappa shape index (κ3) is 3.69. The maximum Gasteiger partial charge on any atom is 0.279 e. The van der Waals surface area contributed by atoms with E-state index in [4.69, 9.17) is 4.74 Å². The van der Waals surface area contributed by atoms with Crippen molar-refractivity contribution in [3.8, 4) is 0 Å². The van der Waals surface area contributed by atoms with Crippen LogP contribution in [0.5, 0.6) is 0 Å². The van der Waals surface area contributed by atoms with Gasteiger partial charge in [-0.1, -0.05) is 11.3 Å². The Morgan fingerprint density at radius 2 is 2.00 bits per heavy atom. The number of carbonyl (C=O) groups is 1. The van der Waals surface area contributed by atoms with Crippen LogP contribution in [0.25, 0.3) is 21.3 Å². The van der Waals surface area contributed by atoms with Crippen molar-refractivity contribution < 1.29 is 13.9 Å². The third-order valence-electron chi connectivity index (χ3n) is 4.22. The van der Waals surface area contributed by atoms with E-state index >= 15 is 0 Å². The molecule has 0 aliphatic carbocycles. The van der Waals surface area contributed by atoms with Crippen LogP contribution in [0.3, 0.4) is 0 Å². The van der Waals surface area contributed by atoms with Gasteiger partial charge in [0.2, 0.25) is 0 Å². The summed E-state index contributed by atoms with van der Waals surface area (Å²) in [5.74, 6) is -0.707. The van der Waals surface area contributed by atoms with Crippen LogP contribution < -0.4 is 4.80 Å². The Morgan fingerprint density at radius 3 is 2.82 bits per heavy atom. The topological polar surface area (TPSA) is 69.4 Å². The van der Waals surface area contributed by atoms with Crippen LogP contribution >= 0.6 is 11.3 Å². The second-order valence-electron chi connectivity index (χ2n) is 6.02. The number of ether oxygens (including phenoxy) is 1. The van der Waals surface area contributed by atoms with Crippen molar-refractivity contribution in [2.45, 2.75) is 13.5 Å². The SMILES string of the molecule is CCOCCn1c(=NC(=O)c2ccc3nccnc3c2)sc2cc(F)ccc21. The number of thiazole rings is 1. The molecule has 8 heteroatoms. The van der Waals surface area contributed by atoms with Crippen molar-refractivity contribution in [1.82, 2.24) is 14.5 Å². The number of fused-ring (bicyclic) bond motifs is 2. The fraction of sp³-hybridized carbons (Fsp3) is 0.200. The van der Waals surface area contributed by atoms with Crippen LogP contribution in [-0.2, 0) is 11.3 Å². The van der Waals surface area contributed by atoms with Gasteiger partial charge in [-0.05, 0) is 43.3 Å². The zero-order valence-electron chi connectivity index (χ0n) is 15.1. The molecule has 0 aliphatic heterocycles. The van der Waals surface area contributed by atoms with E-state index in [1.54, 1.807) is 36.7 Å². The number of rotatable bonds is 5. The molecule has 4 rings (SSSR count). The predicted molar refractivity (Wildman–Crippen MR) is 106 cm³/mol. The number of carbonyl (C=O) groups excluding carboxylic acids is 1. The van der Waals surface area contributed by atoms with Gasteiger partial charge >= 0.3 is 0 Å². The summed E-state index contributed by atoms with van der Waals surface area (Å²) in [7, 11) is 0. The van der Waals surface area contributed by atoms with Crippen LogP contribution in [0.15, 0.2) is 53.8 Å². The summed E-state index contributed by atoms with van der Waals surface area (Å²) in [6.07, 6.45) is 3.18. The number of hydrogen-bond donors (Lipinski definition) is 0. The molecule has 0 aliphatic rings. The monoisotopic (exact) mass is 396 g/mol. The number of benzene rings is 2. The van der Waals surface area contributed by atoms with Gasteiger partial charge in [0.1, 0.15) is 5.82 Å². The number of aromatic nitrogens is 3. The van der Waals surface area contributed by atoms with Gasteiger partial charge in [0, 0.05) is 31.1 Å². The highest BCUT2D eigenvalue weighted by atomic mass is 32.1. The van der Waals surface area contributed by atoms with E-state index in [1.165, 1.54) is 23.5 Å². The minimum absolute atomic E-state index is 0.323. The quantitative estimate of drug-likeness (QED) is 0.484. The molecular formula is C20H17FN4O2S. The Bertz CT molecular complexity index is 1230. The fourth-order valence-corrected chi connectivity index (χ4v) is 3.98. The molecule has 4 aromatic rings. The Labute approximate surface area is 164 Å². The summed E-state index contributed by atoms with van der Waals surface area (Å²) in [6, 6.07) is 9.65. The van der Waals surface area contributed by atoms with E-state index in [2.05, 4.69) is 15.0 Å². The summed E-state index contributed by atoms with van der Waals surface area (Å²) in [5.41, 5.74) is 2.59. The maximum absolute atomic E-state index is 13.6. The Balaban J connectivity index is 1.77. The van der Waals surface area contributed by atoms with Gasteiger partial charge in [0.15, 0.2) is 4.80 Å². The molecule has 2 aromatic heterocycles. The van der Waals surface area contributed by atoms with E-state index in [1.807, 2.05) is 11.5 Å². The van der Waals surface area contributed by atoms with Crippen molar-refractivity contribution >= 4 is 38.5 Å². The molecule has 2 heterocycles. The molecule has 0 saturated heterocycles. The van der Waals surface area contributed by atoms with Crippen LogP contribution in [0.2, 0.25) is 0 Å². The molecule has 2 aromatic carbocycles. The average Bonchev–Trinajstić information content (AvgIpc) is 3.04. The molecule has 0 atom stereocenters. The molecule has 0 unspecified atom stereocenters. The summed E-state index contributed by atoms with van der Waals surface area (Å²) in [5, 5.41) is 0. The van der Waals surface area contributed by atoms with Gasteiger partial charge in [-0.3, -0.25) is 14.8 Å². The smallest absolute Gasteiger partial charge is 0.279 e. The van der Waals surface area contributed by atoms with Crippen molar-refractivity contribution in [3.63, 3.8) is 0 Å². The molecule has 0 bridgehead atoms. The van der Waals surface area contributed by atoms with E-state index in [-0.39, 0.29) is 11.7 Å². The summed E-state index contributed by atoms with van der Waals surface area (Å²) < 4.78 is 21.7. The zero-order valence-corrected chi connectivity index (χ0v) is 15.9. The third-order valence-corrected chi connectivity index (χ3v) is 5.26. The lowest BCUT2D eigenvalue weighted by atomic mass is 10.2. The molecular weight excluding hydrogens is 379 g/mol. The molecule has 0 fully saturated rings. The Hall–Kier alpha value is -2.97. The molecule has 1 amide bonds. The first kappa shape index (κ1) is 18.4.